The number of unbranched alkanes of at least 4 members (excludes halogenated alkanes) is 1. The molecule has 0 bridgehead atoms. The zero-order chi connectivity index (χ0) is 17.6. The lowest BCUT2D eigenvalue weighted by molar-refractivity contribution is 0.199. The van der Waals surface area contributed by atoms with Crippen molar-refractivity contribution in [3.63, 3.8) is 0 Å². The van der Waals surface area contributed by atoms with Gasteiger partial charge in [-0.2, -0.15) is 0 Å². The van der Waals surface area contributed by atoms with Crippen LogP contribution in [-0.4, -0.2) is 29.5 Å². The van der Waals surface area contributed by atoms with E-state index in [9.17, 15) is 5.11 Å². The van der Waals surface area contributed by atoms with Crippen LogP contribution in [0.3, 0.4) is 0 Å². The van der Waals surface area contributed by atoms with Crippen LogP contribution in [-0.2, 0) is 10.8 Å². The first-order valence-electron chi connectivity index (χ1n) is 8.61. The van der Waals surface area contributed by atoms with E-state index in [2.05, 4.69) is 36.5 Å². The molecule has 0 aliphatic rings. The Morgan fingerprint density at radius 3 is 2.25 bits per heavy atom. The van der Waals surface area contributed by atoms with E-state index in [0.29, 0.717) is 11.9 Å². The van der Waals surface area contributed by atoms with Crippen LogP contribution < -0.4 is 0 Å². The number of aryl methyl sites for hydroxylation is 1. The average Bonchev–Trinajstić information content (AvgIpc) is 2.51. The fourth-order valence-electron chi connectivity index (χ4n) is 2.67. The zero-order valence-electron chi connectivity index (χ0n) is 15.1. The molecule has 5 heteroatoms. The van der Waals surface area contributed by atoms with Crippen LogP contribution in [0.25, 0.3) is 11.4 Å². The molecule has 1 aromatic carbocycles. The predicted octanol–water partition coefficient (Wildman–Crippen LogP) is 4.80. The summed E-state index contributed by atoms with van der Waals surface area (Å²) in [6.45, 7) is 8.87. The Morgan fingerprint density at radius 1 is 1.04 bits per heavy atom. The SMILES string of the molecule is CC(CCCCc1cnc(-c2ccc(O)cc2)nc1)O[Si](C)(C)C. The molecule has 0 amide bonds. The molecule has 0 aliphatic heterocycles. The van der Waals surface area contributed by atoms with Gasteiger partial charge in [0.2, 0.25) is 0 Å². The molecule has 0 saturated heterocycles. The minimum atomic E-state index is -1.42. The van der Waals surface area contributed by atoms with Crippen molar-refractivity contribution in [1.82, 2.24) is 9.97 Å². The van der Waals surface area contributed by atoms with Gasteiger partial charge in [0, 0.05) is 24.1 Å². The normalized spacial score (nSPS) is 13.0. The van der Waals surface area contributed by atoms with Gasteiger partial charge in [0.25, 0.3) is 0 Å². The molecule has 0 spiro atoms. The number of aromatic nitrogens is 2. The molecule has 0 fully saturated rings. The number of phenols is 1. The molecular formula is C19H28N2O2Si. The molecule has 1 heterocycles. The molecule has 1 atom stereocenters. The van der Waals surface area contributed by atoms with Crippen LogP contribution in [0, 0.1) is 0 Å². The summed E-state index contributed by atoms with van der Waals surface area (Å²) in [4.78, 5) is 8.86. The molecule has 0 aliphatic carbocycles. The minimum absolute atomic E-state index is 0.253. The van der Waals surface area contributed by atoms with E-state index in [1.165, 1.54) is 0 Å². The van der Waals surface area contributed by atoms with Gasteiger partial charge in [0.05, 0.1) is 0 Å². The molecule has 1 aromatic heterocycles. The lowest BCUT2D eigenvalue weighted by Crippen LogP contribution is -2.30. The first-order valence-corrected chi connectivity index (χ1v) is 12.0. The monoisotopic (exact) mass is 344 g/mol. The Morgan fingerprint density at radius 2 is 1.67 bits per heavy atom. The maximum atomic E-state index is 9.32. The topological polar surface area (TPSA) is 55.2 Å². The third-order valence-electron chi connectivity index (χ3n) is 3.71. The van der Waals surface area contributed by atoms with Crippen LogP contribution >= 0.6 is 0 Å². The van der Waals surface area contributed by atoms with Crippen molar-refractivity contribution in [3.8, 4) is 17.1 Å². The van der Waals surface area contributed by atoms with E-state index < -0.39 is 8.32 Å². The van der Waals surface area contributed by atoms with Gasteiger partial charge < -0.3 is 9.53 Å². The standard InChI is InChI=1S/C19H28N2O2Si/c1-15(23-24(2,3)4)7-5-6-8-16-13-20-19(21-14-16)17-9-11-18(22)12-10-17/h9-15,22H,5-8H2,1-4H3. The lowest BCUT2D eigenvalue weighted by Gasteiger charge is -2.23. The summed E-state index contributed by atoms with van der Waals surface area (Å²) < 4.78 is 6.06. The highest BCUT2D eigenvalue weighted by Gasteiger charge is 2.17. The Hall–Kier alpha value is -1.72. The summed E-state index contributed by atoms with van der Waals surface area (Å²) in [5, 5.41) is 9.32. The second kappa shape index (κ2) is 8.40. The maximum Gasteiger partial charge on any atom is 0.184 e. The van der Waals surface area contributed by atoms with Gasteiger partial charge in [-0.05, 0) is 75.7 Å². The number of nitrogens with zero attached hydrogens (tertiary/aromatic N) is 2. The summed E-state index contributed by atoms with van der Waals surface area (Å²) in [5.41, 5.74) is 2.08. The van der Waals surface area contributed by atoms with Crippen molar-refractivity contribution in [1.29, 1.82) is 0 Å². The minimum Gasteiger partial charge on any atom is -0.508 e. The van der Waals surface area contributed by atoms with Crippen LogP contribution in [0.15, 0.2) is 36.7 Å². The van der Waals surface area contributed by atoms with Gasteiger partial charge in [-0.15, -0.1) is 0 Å². The van der Waals surface area contributed by atoms with Gasteiger partial charge in [0.15, 0.2) is 14.1 Å². The van der Waals surface area contributed by atoms with E-state index in [1.54, 1.807) is 12.1 Å². The first-order chi connectivity index (χ1) is 11.3. The van der Waals surface area contributed by atoms with Crippen LogP contribution in [0.4, 0.5) is 0 Å². The number of rotatable bonds is 8. The third kappa shape index (κ3) is 6.41. The first kappa shape index (κ1) is 18.6. The van der Waals surface area contributed by atoms with Crippen molar-refractivity contribution in [2.24, 2.45) is 0 Å². The van der Waals surface area contributed by atoms with Crippen molar-refractivity contribution in [3.05, 3.63) is 42.2 Å². The van der Waals surface area contributed by atoms with Crippen LogP contribution in [0.2, 0.25) is 19.6 Å². The quantitative estimate of drug-likeness (QED) is 0.552. The highest BCUT2D eigenvalue weighted by Crippen LogP contribution is 2.18. The van der Waals surface area contributed by atoms with Gasteiger partial charge in [0.1, 0.15) is 5.75 Å². The Bertz CT molecular complexity index is 621. The summed E-state index contributed by atoms with van der Waals surface area (Å²) >= 11 is 0. The summed E-state index contributed by atoms with van der Waals surface area (Å²) in [6.07, 6.45) is 8.54. The highest BCUT2D eigenvalue weighted by atomic mass is 28.4. The second-order valence-electron chi connectivity index (χ2n) is 7.25. The molecule has 2 aromatic rings. The number of aromatic hydroxyl groups is 1. The van der Waals surface area contributed by atoms with Crippen molar-refractivity contribution >= 4 is 8.32 Å². The molecule has 4 nitrogen and oxygen atoms in total. The molecular weight excluding hydrogens is 316 g/mol. The molecule has 0 saturated carbocycles. The second-order valence-corrected chi connectivity index (χ2v) is 11.7. The van der Waals surface area contributed by atoms with E-state index >= 15 is 0 Å². The Kier molecular flexibility index (Phi) is 6.51. The fraction of sp³-hybridized carbons (Fsp3) is 0.474. The van der Waals surface area contributed by atoms with Crippen molar-refractivity contribution in [2.45, 2.75) is 58.4 Å². The number of phenolic OH excluding ortho intramolecular Hbond substituents is 1. The van der Waals surface area contributed by atoms with E-state index in [1.807, 2.05) is 24.5 Å². The molecule has 1 unspecified atom stereocenters. The van der Waals surface area contributed by atoms with E-state index in [4.69, 9.17) is 4.43 Å². The maximum absolute atomic E-state index is 9.32. The number of hydrogen-bond acceptors (Lipinski definition) is 4. The van der Waals surface area contributed by atoms with Gasteiger partial charge in [-0.3, -0.25) is 0 Å². The largest absolute Gasteiger partial charge is 0.508 e. The number of hydrogen-bond donors (Lipinski definition) is 1. The lowest BCUT2D eigenvalue weighted by atomic mass is 10.1. The summed E-state index contributed by atoms with van der Waals surface area (Å²) in [5.74, 6) is 0.943. The molecule has 130 valence electrons. The van der Waals surface area contributed by atoms with Crippen molar-refractivity contribution < 1.29 is 9.53 Å². The summed E-state index contributed by atoms with van der Waals surface area (Å²) in [7, 11) is -1.42. The molecule has 24 heavy (non-hydrogen) atoms. The van der Waals surface area contributed by atoms with Crippen LogP contribution in [0.1, 0.15) is 31.7 Å². The fourth-order valence-corrected chi connectivity index (χ4v) is 3.99. The summed E-state index contributed by atoms with van der Waals surface area (Å²) in [6, 6.07) is 6.95. The average molecular weight is 345 g/mol. The zero-order valence-corrected chi connectivity index (χ0v) is 16.1. The van der Waals surface area contributed by atoms with Gasteiger partial charge >= 0.3 is 0 Å². The highest BCUT2D eigenvalue weighted by molar-refractivity contribution is 6.69. The Balaban J connectivity index is 1.77. The Labute approximate surface area is 146 Å². The van der Waals surface area contributed by atoms with Crippen LogP contribution in [0.5, 0.6) is 5.75 Å². The predicted molar refractivity (Wildman–Crippen MR) is 101 cm³/mol. The molecule has 1 N–H and O–H groups in total. The van der Waals surface area contributed by atoms with Gasteiger partial charge in [-0.25, -0.2) is 9.97 Å². The molecule has 0 radical (unpaired) electrons. The smallest absolute Gasteiger partial charge is 0.184 e. The van der Waals surface area contributed by atoms with E-state index in [-0.39, 0.29) is 5.75 Å². The van der Waals surface area contributed by atoms with Crippen molar-refractivity contribution in [2.75, 3.05) is 0 Å². The molecule has 2 rings (SSSR count). The van der Waals surface area contributed by atoms with E-state index in [0.717, 1.165) is 36.8 Å². The number of benzene rings is 1. The van der Waals surface area contributed by atoms with Gasteiger partial charge in [-0.1, -0.05) is 6.42 Å². The third-order valence-corrected chi connectivity index (χ3v) is 4.82.